The second kappa shape index (κ2) is 5.56. The second-order valence-corrected chi connectivity index (χ2v) is 3.25. The molecule has 0 bridgehead atoms. The van der Waals surface area contributed by atoms with Crippen LogP contribution in [0, 0.1) is 5.92 Å². The average molecular weight is 206 g/mol. The summed E-state index contributed by atoms with van der Waals surface area (Å²) in [6.45, 7) is 3.64. The molecule has 0 aliphatic carbocycles. The third kappa shape index (κ3) is 4.20. The van der Waals surface area contributed by atoms with Crippen molar-refractivity contribution in [3.63, 3.8) is 0 Å². The van der Waals surface area contributed by atoms with Gasteiger partial charge in [-0.3, -0.25) is 0 Å². The Bertz CT molecular complexity index is 212. The van der Waals surface area contributed by atoms with Crippen LogP contribution in [0.5, 0.6) is 0 Å². The summed E-state index contributed by atoms with van der Waals surface area (Å²) in [6.07, 6.45) is -4.18. The molecule has 0 aliphatic heterocycles. The number of aliphatic hydroxyl groups is 2. The van der Waals surface area contributed by atoms with E-state index in [4.69, 9.17) is 15.3 Å². The zero-order valence-corrected chi connectivity index (χ0v) is 8.01. The predicted octanol–water partition coefficient (Wildman–Crippen LogP) is -1.01. The highest BCUT2D eigenvalue weighted by Gasteiger charge is 2.31. The van der Waals surface area contributed by atoms with Crippen LogP contribution in [0.3, 0.4) is 0 Å². The number of hydrogen-bond donors (Lipinski definition) is 3. The highest BCUT2D eigenvalue weighted by Crippen LogP contribution is 2.00. The van der Waals surface area contributed by atoms with Gasteiger partial charge in [-0.05, 0) is 5.92 Å². The maximum atomic E-state index is 10.9. The van der Waals surface area contributed by atoms with E-state index < -0.39 is 24.1 Å². The molecule has 14 heavy (non-hydrogen) atoms. The van der Waals surface area contributed by atoms with Crippen molar-refractivity contribution < 1.29 is 29.6 Å². The molecule has 0 saturated heterocycles. The van der Waals surface area contributed by atoms with Gasteiger partial charge in [-0.1, -0.05) is 13.8 Å². The van der Waals surface area contributed by atoms with E-state index in [9.17, 15) is 9.59 Å². The van der Waals surface area contributed by atoms with Crippen LogP contribution in [0.1, 0.15) is 13.8 Å². The zero-order valence-electron chi connectivity index (χ0n) is 8.01. The largest absolute Gasteiger partial charge is 0.479 e. The third-order valence-corrected chi connectivity index (χ3v) is 1.35. The molecule has 2 atom stereocenters. The minimum atomic E-state index is -2.14. The van der Waals surface area contributed by atoms with E-state index in [1.165, 1.54) is 0 Å². The van der Waals surface area contributed by atoms with Crippen LogP contribution >= 0.6 is 0 Å². The number of hydrogen-bond acceptors (Lipinski definition) is 5. The number of aliphatic carboxylic acids is 1. The number of aliphatic hydroxyl groups excluding tert-OH is 2. The Morgan fingerprint density at radius 1 is 1.21 bits per heavy atom. The fourth-order valence-corrected chi connectivity index (χ4v) is 0.598. The van der Waals surface area contributed by atoms with Crippen LogP contribution in [0.4, 0.5) is 0 Å². The quantitative estimate of drug-likeness (QED) is 0.498. The van der Waals surface area contributed by atoms with Crippen molar-refractivity contribution in [2.24, 2.45) is 5.92 Å². The number of carbonyl (C=O) groups is 2. The molecule has 0 aromatic heterocycles. The van der Waals surface area contributed by atoms with Crippen LogP contribution in [0.15, 0.2) is 0 Å². The van der Waals surface area contributed by atoms with Crippen molar-refractivity contribution in [1.82, 2.24) is 0 Å². The Morgan fingerprint density at radius 3 is 2.07 bits per heavy atom. The zero-order chi connectivity index (χ0) is 11.3. The molecule has 0 aliphatic rings. The van der Waals surface area contributed by atoms with E-state index >= 15 is 0 Å². The fourth-order valence-electron chi connectivity index (χ4n) is 0.598. The first-order valence-electron chi connectivity index (χ1n) is 4.11. The van der Waals surface area contributed by atoms with Gasteiger partial charge in [0.1, 0.15) is 0 Å². The van der Waals surface area contributed by atoms with Crippen molar-refractivity contribution in [2.75, 3.05) is 6.61 Å². The summed E-state index contributed by atoms with van der Waals surface area (Å²) < 4.78 is 4.52. The summed E-state index contributed by atoms with van der Waals surface area (Å²) in [4.78, 5) is 21.1. The molecule has 0 radical (unpaired) electrons. The summed E-state index contributed by atoms with van der Waals surface area (Å²) in [6, 6.07) is 0. The Hall–Kier alpha value is -1.14. The summed E-state index contributed by atoms with van der Waals surface area (Å²) in [5.74, 6) is -2.72. The third-order valence-electron chi connectivity index (χ3n) is 1.35. The fraction of sp³-hybridized carbons (Fsp3) is 0.750. The van der Waals surface area contributed by atoms with Crippen molar-refractivity contribution in [3.05, 3.63) is 0 Å². The molecule has 0 rings (SSSR count). The summed E-state index contributed by atoms with van der Waals surface area (Å²) >= 11 is 0. The van der Waals surface area contributed by atoms with Crippen LogP contribution in [0.25, 0.3) is 0 Å². The van der Waals surface area contributed by atoms with Crippen molar-refractivity contribution in [1.29, 1.82) is 0 Å². The van der Waals surface area contributed by atoms with Crippen molar-refractivity contribution in [3.8, 4) is 0 Å². The number of esters is 1. The van der Waals surface area contributed by atoms with Gasteiger partial charge >= 0.3 is 11.9 Å². The average Bonchev–Trinajstić information content (AvgIpc) is 2.11. The van der Waals surface area contributed by atoms with Gasteiger partial charge in [0.2, 0.25) is 0 Å². The van der Waals surface area contributed by atoms with Gasteiger partial charge in [0, 0.05) is 0 Å². The Balaban J connectivity index is 4.05. The molecule has 6 heteroatoms. The first kappa shape index (κ1) is 12.9. The van der Waals surface area contributed by atoms with E-state index in [0.29, 0.717) is 0 Å². The maximum Gasteiger partial charge on any atom is 0.338 e. The Labute approximate surface area is 81.1 Å². The molecule has 0 amide bonds. The maximum absolute atomic E-state index is 10.9. The molecular formula is C8H14O6. The SMILES string of the molecule is CC(C)COC(=O)[C@H](O)[C@H](O)C(=O)O. The minimum absolute atomic E-state index is 0.0717. The molecule has 0 unspecified atom stereocenters. The number of rotatable bonds is 5. The normalized spacial score (nSPS) is 14.9. The minimum Gasteiger partial charge on any atom is -0.479 e. The van der Waals surface area contributed by atoms with Gasteiger partial charge in [0.05, 0.1) is 6.61 Å². The van der Waals surface area contributed by atoms with Gasteiger partial charge in [-0.2, -0.15) is 0 Å². The molecule has 0 saturated carbocycles. The Kier molecular flexibility index (Phi) is 5.11. The highest BCUT2D eigenvalue weighted by atomic mass is 16.6. The van der Waals surface area contributed by atoms with E-state index in [1.807, 2.05) is 0 Å². The monoisotopic (exact) mass is 206 g/mol. The number of carboxylic acid groups (broad SMARTS) is 1. The van der Waals surface area contributed by atoms with E-state index in [1.54, 1.807) is 13.8 Å². The molecular weight excluding hydrogens is 192 g/mol. The molecule has 0 heterocycles. The summed E-state index contributed by atoms with van der Waals surface area (Å²) in [5.41, 5.74) is 0. The van der Waals surface area contributed by atoms with Crippen molar-refractivity contribution in [2.45, 2.75) is 26.1 Å². The van der Waals surface area contributed by atoms with Crippen LogP contribution in [-0.4, -0.2) is 46.1 Å². The van der Waals surface area contributed by atoms with Gasteiger partial charge in [-0.15, -0.1) is 0 Å². The predicted molar refractivity (Wildman–Crippen MR) is 45.4 cm³/mol. The van der Waals surface area contributed by atoms with Crippen LogP contribution < -0.4 is 0 Å². The van der Waals surface area contributed by atoms with Gasteiger partial charge in [0.25, 0.3) is 0 Å². The molecule has 3 N–H and O–H groups in total. The number of carbonyl (C=O) groups excluding carboxylic acids is 1. The number of ether oxygens (including phenoxy) is 1. The van der Waals surface area contributed by atoms with E-state index in [-0.39, 0.29) is 12.5 Å². The molecule has 0 spiro atoms. The first-order chi connectivity index (χ1) is 6.36. The van der Waals surface area contributed by atoms with E-state index in [2.05, 4.69) is 4.74 Å². The second-order valence-electron chi connectivity index (χ2n) is 3.25. The van der Waals surface area contributed by atoms with E-state index in [0.717, 1.165) is 0 Å². The van der Waals surface area contributed by atoms with Crippen LogP contribution in [0.2, 0.25) is 0 Å². The van der Waals surface area contributed by atoms with Gasteiger partial charge in [-0.25, -0.2) is 9.59 Å². The lowest BCUT2D eigenvalue weighted by atomic mass is 10.2. The molecule has 82 valence electrons. The first-order valence-corrected chi connectivity index (χ1v) is 4.11. The summed E-state index contributed by atoms with van der Waals surface area (Å²) in [5, 5.41) is 26.0. The highest BCUT2D eigenvalue weighted by molar-refractivity contribution is 5.84. The molecule has 0 fully saturated rings. The lowest BCUT2D eigenvalue weighted by Crippen LogP contribution is -2.40. The Morgan fingerprint density at radius 2 is 1.71 bits per heavy atom. The molecule has 0 aromatic rings. The van der Waals surface area contributed by atoms with Crippen molar-refractivity contribution >= 4 is 11.9 Å². The van der Waals surface area contributed by atoms with Gasteiger partial charge in [0.15, 0.2) is 12.2 Å². The van der Waals surface area contributed by atoms with Crippen LogP contribution in [-0.2, 0) is 14.3 Å². The lowest BCUT2D eigenvalue weighted by Gasteiger charge is -2.14. The molecule has 6 nitrogen and oxygen atoms in total. The standard InChI is InChI=1S/C8H14O6/c1-4(2)3-14-8(13)6(10)5(9)7(11)12/h4-6,9-10H,3H2,1-2H3,(H,11,12)/t5-,6+/m0/s1. The molecule has 0 aromatic carbocycles. The summed E-state index contributed by atoms with van der Waals surface area (Å²) in [7, 11) is 0. The topological polar surface area (TPSA) is 104 Å². The lowest BCUT2D eigenvalue weighted by molar-refractivity contribution is -0.170. The number of carboxylic acids is 1. The van der Waals surface area contributed by atoms with Gasteiger partial charge < -0.3 is 20.1 Å². The smallest absolute Gasteiger partial charge is 0.338 e.